The maximum atomic E-state index is 12.3. The Morgan fingerprint density at radius 1 is 1.35 bits per heavy atom. The van der Waals surface area contributed by atoms with Gasteiger partial charge in [0.05, 0.1) is 6.61 Å². The van der Waals surface area contributed by atoms with E-state index in [1.165, 1.54) is 10.6 Å². The molecule has 0 saturated carbocycles. The third-order valence-corrected chi connectivity index (χ3v) is 3.18. The summed E-state index contributed by atoms with van der Waals surface area (Å²) in [5.41, 5.74) is 1.21. The van der Waals surface area contributed by atoms with Crippen molar-refractivity contribution in [2.24, 2.45) is 0 Å². The largest absolute Gasteiger partial charge is 0.383 e. The molecule has 23 heavy (non-hydrogen) atoms. The molecular weight excluding hydrogens is 320 g/mol. The average Bonchev–Trinajstić information content (AvgIpc) is 2.50. The predicted octanol–water partition coefficient (Wildman–Crippen LogP) is 0.391. The fraction of sp³-hybridized carbons (Fsp3) is 0.400. The number of amides is 1. The van der Waals surface area contributed by atoms with E-state index in [1.807, 2.05) is 6.92 Å². The van der Waals surface area contributed by atoms with Gasteiger partial charge in [-0.1, -0.05) is 0 Å². The van der Waals surface area contributed by atoms with Crippen molar-refractivity contribution in [1.29, 1.82) is 0 Å². The van der Waals surface area contributed by atoms with Gasteiger partial charge in [0.1, 0.15) is 11.2 Å². The van der Waals surface area contributed by atoms with Gasteiger partial charge < -0.3 is 15.4 Å². The van der Waals surface area contributed by atoms with Gasteiger partial charge in [0.15, 0.2) is 0 Å². The molecule has 0 saturated heterocycles. The first-order chi connectivity index (χ1) is 10.6. The summed E-state index contributed by atoms with van der Waals surface area (Å²) in [6.07, 6.45) is 2.95. The van der Waals surface area contributed by atoms with E-state index in [9.17, 15) is 9.59 Å². The maximum absolute atomic E-state index is 12.3. The van der Waals surface area contributed by atoms with Gasteiger partial charge in [0.2, 0.25) is 0 Å². The van der Waals surface area contributed by atoms with Crippen LogP contribution in [0.3, 0.4) is 0 Å². The third kappa shape index (κ3) is 5.02. The number of halogens is 1. The molecule has 2 heterocycles. The molecule has 0 aliphatic carbocycles. The first kappa shape index (κ1) is 19.1. The highest BCUT2D eigenvalue weighted by molar-refractivity contribution is 5.93. The number of hydrogen-bond acceptors (Lipinski definition) is 5. The first-order valence-corrected chi connectivity index (χ1v) is 7.09. The molecule has 2 rings (SSSR count). The van der Waals surface area contributed by atoms with Crippen LogP contribution in [-0.2, 0) is 4.74 Å². The number of fused-ring (bicyclic) bond motifs is 1. The van der Waals surface area contributed by atoms with Crippen LogP contribution in [0.5, 0.6) is 0 Å². The van der Waals surface area contributed by atoms with E-state index in [1.54, 1.807) is 25.4 Å². The minimum Gasteiger partial charge on any atom is -0.383 e. The predicted molar refractivity (Wildman–Crippen MR) is 90.5 cm³/mol. The monoisotopic (exact) mass is 340 g/mol. The lowest BCUT2D eigenvalue weighted by atomic mass is 10.2. The standard InChI is InChI=1S/C15H20N4O3.ClH/c1-11-3-7-19-13(9-11)18-10-12(15(19)21)14(20)17-5-4-16-6-8-22-2;/h3,7,9-10,16H,4-6,8H2,1-2H3,(H,17,20);1H. The Morgan fingerprint density at radius 3 is 2.87 bits per heavy atom. The molecule has 126 valence electrons. The van der Waals surface area contributed by atoms with Crippen molar-refractivity contribution in [1.82, 2.24) is 20.0 Å². The number of rotatable bonds is 7. The molecule has 0 atom stereocenters. The van der Waals surface area contributed by atoms with E-state index in [0.717, 1.165) is 5.56 Å². The fourth-order valence-electron chi connectivity index (χ4n) is 1.99. The molecular formula is C15H21ClN4O3. The lowest BCUT2D eigenvalue weighted by molar-refractivity contribution is 0.0951. The van der Waals surface area contributed by atoms with E-state index in [2.05, 4.69) is 15.6 Å². The summed E-state index contributed by atoms with van der Waals surface area (Å²) < 4.78 is 6.28. The van der Waals surface area contributed by atoms with Gasteiger partial charge >= 0.3 is 0 Å². The van der Waals surface area contributed by atoms with E-state index in [0.29, 0.717) is 31.9 Å². The smallest absolute Gasteiger partial charge is 0.270 e. The molecule has 2 N–H and O–H groups in total. The van der Waals surface area contributed by atoms with Crippen LogP contribution in [0.15, 0.2) is 29.3 Å². The summed E-state index contributed by atoms with van der Waals surface area (Å²) in [4.78, 5) is 28.5. The second kappa shape index (κ2) is 9.24. The summed E-state index contributed by atoms with van der Waals surface area (Å²) in [5.74, 6) is -0.416. The zero-order valence-electron chi connectivity index (χ0n) is 13.2. The van der Waals surface area contributed by atoms with Gasteiger partial charge in [-0.15, -0.1) is 12.4 Å². The molecule has 2 aromatic rings. The van der Waals surface area contributed by atoms with Crippen LogP contribution in [0.25, 0.3) is 5.65 Å². The summed E-state index contributed by atoms with van der Waals surface area (Å²) >= 11 is 0. The lowest BCUT2D eigenvalue weighted by Gasteiger charge is -2.07. The minimum atomic E-state index is -0.416. The van der Waals surface area contributed by atoms with Crippen LogP contribution in [-0.4, -0.2) is 48.6 Å². The van der Waals surface area contributed by atoms with Crippen molar-refractivity contribution in [3.63, 3.8) is 0 Å². The molecule has 2 aromatic heterocycles. The van der Waals surface area contributed by atoms with Crippen LogP contribution in [0.1, 0.15) is 15.9 Å². The number of carbonyl (C=O) groups excluding carboxylic acids is 1. The van der Waals surface area contributed by atoms with Crippen LogP contribution in [0, 0.1) is 6.92 Å². The van der Waals surface area contributed by atoms with Crippen molar-refractivity contribution in [3.8, 4) is 0 Å². The molecule has 0 spiro atoms. The van der Waals surface area contributed by atoms with Gasteiger partial charge in [-0.3, -0.25) is 14.0 Å². The van der Waals surface area contributed by atoms with Gasteiger partial charge in [-0.2, -0.15) is 0 Å². The van der Waals surface area contributed by atoms with E-state index in [4.69, 9.17) is 4.74 Å². The molecule has 0 fully saturated rings. The summed E-state index contributed by atoms with van der Waals surface area (Å²) in [6.45, 7) is 4.29. The molecule has 0 bridgehead atoms. The highest BCUT2D eigenvalue weighted by atomic mass is 35.5. The molecule has 0 unspecified atom stereocenters. The van der Waals surface area contributed by atoms with Crippen LogP contribution < -0.4 is 16.2 Å². The quantitative estimate of drug-likeness (QED) is 0.712. The number of methoxy groups -OCH3 is 1. The summed E-state index contributed by atoms with van der Waals surface area (Å²) in [5, 5.41) is 5.80. The third-order valence-electron chi connectivity index (χ3n) is 3.18. The number of ether oxygens (including phenoxy) is 1. The molecule has 0 aliphatic rings. The Balaban J connectivity index is 0.00000264. The maximum Gasteiger partial charge on any atom is 0.270 e. The number of aromatic nitrogens is 2. The zero-order valence-corrected chi connectivity index (χ0v) is 14.0. The van der Waals surface area contributed by atoms with Crippen molar-refractivity contribution in [2.45, 2.75) is 6.92 Å². The molecule has 0 aliphatic heterocycles. The van der Waals surface area contributed by atoms with Gasteiger partial charge in [0.25, 0.3) is 11.5 Å². The number of hydrogen-bond donors (Lipinski definition) is 2. The van der Waals surface area contributed by atoms with E-state index >= 15 is 0 Å². The summed E-state index contributed by atoms with van der Waals surface area (Å²) in [7, 11) is 1.63. The number of nitrogens with one attached hydrogen (secondary N) is 2. The zero-order chi connectivity index (χ0) is 15.9. The Hall–Kier alpha value is -1.96. The number of nitrogens with zero attached hydrogens (tertiary/aromatic N) is 2. The van der Waals surface area contributed by atoms with Crippen LogP contribution in [0.4, 0.5) is 0 Å². The SMILES string of the molecule is COCCNCCNC(=O)c1cnc2cc(C)ccn2c1=O.Cl. The number of aryl methyl sites for hydroxylation is 1. The topological polar surface area (TPSA) is 84.7 Å². The summed E-state index contributed by atoms with van der Waals surface area (Å²) in [6, 6.07) is 3.60. The number of carbonyl (C=O) groups is 1. The first-order valence-electron chi connectivity index (χ1n) is 7.09. The molecule has 1 amide bonds. The van der Waals surface area contributed by atoms with E-state index < -0.39 is 5.91 Å². The lowest BCUT2D eigenvalue weighted by Crippen LogP contribution is -2.36. The van der Waals surface area contributed by atoms with Crippen LogP contribution >= 0.6 is 12.4 Å². The second-order valence-electron chi connectivity index (χ2n) is 4.91. The Bertz CT molecular complexity index is 717. The van der Waals surface area contributed by atoms with Crippen molar-refractivity contribution < 1.29 is 9.53 Å². The van der Waals surface area contributed by atoms with Crippen molar-refractivity contribution >= 4 is 24.0 Å². The van der Waals surface area contributed by atoms with Gasteiger partial charge in [0, 0.05) is 39.1 Å². The molecule has 0 radical (unpaired) electrons. The van der Waals surface area contributed by atoms with Gasteiger partial charge in [-0.05, 0) is 24.6 Å². The number of pyridine rings is 1. The van der Waals surface area contributed by atoms with Crippen LogP contribution in [0.2, 0.25) is 0 Å². The molecule has 8 heteroatoms. The fourth-order valence-corrected chi connectivity index (χ4v) is 1.99. The highest BCUT2D eigenvalue weighted by Gasteiger charge is 2.12. The van der Waals surface area contributed by atoms with Gasteiger partial charge in [-0.25, -0.2) is 4.98 Å². The molecule has 0 aromatic carbocycles. The Morgan fingerprint density at radius 2 is 2.13 bits per heavy atom. The Labute approximate surface area is 140 Å². The Kier molecular flexibility index (Phi) is 7.67. The second-order valence-corrected chi connectivity index (χ2v) is 4.91. The minimum absolute atomic E-state index is 0. The van der Waals surface area contributed by atoms with E-state index in [-0.39, 0.29) is 23.5 Å². The van der Waals surface area contributed by atoms with Crippen molar-refractivity contribution in [2.75, 3.05) is 33.4 Å². The highest BCUT2D eigenvalue weighted by Crippen LogP contribution is 2.02. The van der Waals surface area contributed by atoms with Crippen molar-refractivity contribution in [3.05, 3.63) is 46.0 Å². The molecule has 7 nitrogen and oxygen atoms in total. The average molecular weight is 341 g/mol. The normalized spacial score (nSPS) is 10.3.